The minimum absolute atomic E-state index is 0.00577. The number of hydrogen-bond donors (Lipinski definition) is 0. The molecule has 3 rings (SSSR count). The van der Waals surface area contributed by atoms with Gasteiger partial charge < -0.3 is 0 Å². The lowest BCUT2D eigenvalue weighted by Gasteiger charge is -2.27. The van der Waals surface area contributed by atoms with E-state index in [9.17, 15) is 4.79 Å². The molecule has 1 amide bonds. The van der Waals surface area contributed by atoms with E-state index >= 15 is 0 Å². The molecule has 0 aliphatic rings. The Hall–Kier alpha value is -2.30. The number of rotatable bonds is 5. The Labute approximate surface area is 180 Å². The summed E-state index contributed by atoms with van der Waals surface area (Å²) in [6, 6.07) is 23.8. The summed E-state index contributed by atoms with van der Waals surface area (Å²) in [4.78, 5) is 15.6. The minimum Gasteiger partial charge on any atom is -0.274 e. The number of carbonyl (C=O) groups excluding carboxylic acids is 1. The number of nitrogens with zero attached hydrogens (tertiary/aromatic N) is 1. The van der Waals surface area contributed by atoms with E-state index in [-0.39, 0.29) is 5.91 Å². The van der Waals surface area contributed by atoms with Crippen LogP contribution in [-0.4, -0.2) is 10.9 Å². The molecular weight excluding hydrogens is 430 g/mol. The monoisotopic (exact) mass is 451 g/mol. The molecule has 3 aromatic carbocycles. The number of thiocarbonyl (C=S) groups is 1. The Kier molecular flexibility index (Phi) is 6.76. The summed E-state index contributed by atoms with van der Waals surface area (Å²) < 4.78 is 0.994. The van der Waals surface area contributed by atoms with E-state index in [0.29, 0.717) is 17.8 Å². The summed E-state index contributed by atoms with van der Waals surface area (Å²) in [7, 11) is 0. The van der Waals surface area contributed by atoms with Crippen LogP contribution in [0.3, 0.4) is 0 Å². The Morgan fingerprint density at radius 1 is 0.929 bits per heavy atom. The van der Waals surface area contributed by atoms with E-state index in [1.807, 2.05) is 86.6 Å². The van der Waals surface area contributed by atoms with Crippen LogP contribution in [0.5, 0.6) is 0 Å². The predicted octanol–water partition coefficient (Wildman–Crippen LogP) is 6.41. The third-order valence-corrected chi connectivity index (χ3v) is 5.50. The van der Waals surface area contributed by atoms with Crippen LogP contribution in [0.4, 0.5) is 5.69 Å². The molecule has 0 spiro atoms. The maximum atomic E-state index is 13.3. The summed E-state index contributed by atoms with van der Waals surface area (Å²) in [5.74, 6) is 0.00577. The van der Waals surface area contributed by atoms with E-state index in [1.165, 1.54) is 0 Å². The van der Waals surface area contributed by atoms with Gasteiger partial charge in [-0.3, -0.25) is 9.69 Å². The quantitative estimate of drug-likeness (QED) is 0.417. The van der Waals surface area contributed by atoms with Gasteiger partial charge in [0, 0.05) is 16.5 Å². The first-order valence-corrected chi connectivity index (χ1v) is 10.4. The third kappa shape index (κ3) is 4.75. The Balaban J connectivity index is 1.97. The third-order valence-electron chi connectivity index (χ3n) is 4.62. The lowest BCUT2D eigenvalue weighted by molar-refractivity contribution is -0.117. The molecule has 4 heteroatoms. The molecule has 0 saturated carbocycles. The van der Waals surface area contributed by atoms with Crippen molar-refractivity contribution in [1.29, 1.82) is 0 Å². The van der Waals surface area contributed by atoms with Crippen molar-refractivity contribution in [3.05, 3.63) is 99.5 Å². The minimum atomic E-state index is 0.00577. The van der Waals surface area contributed by atoms with E-state index in [2.05, 4.69) is 15.9 Å². The Bertz CT molecular complexity index is 963. The van der Waals surface area contributed by atoms with Crippen LogP contribution in [0.1, 0.15) is 28.7 Å². The molecule has 0 N–H and O–H groups in total. The molecule has 142 valence electrons. The zero-order valence-corrected chi connectivity index (χ0v) is 18.4. The lowest BCUT2D eigenvalue weighted by atomic mass is 10.0. The molecular formula is C24H22BrNOS. The maximum absolute atomic E-state index is 13.3. The number of hydrogen-bond acceptors (Lipinski definition) is 2. The van der Waals surface area contributed by atoms with Crippen LogP contribution >= 0.6 is 28.1 Å². The van der Waals surface area contributed by atoms with Crippen LogP contribution < -0.4 is 4.90 Å². The second-order valence-electron chi connectivity index (χ2n) is 6.77. The van der Waals surface area contributed by atoms with Gasteiger partial charge in [-0.25, -0.2) is 0 Å². The van der Waals surface area contributed by atoms with Gasteiger partial charge in [0.1, 0.15) is 4.99 Å². The molecule has 0 aliphatic carbocycles. The van der Waals surface area contributed by atoms with Gasteiger partial charge in [0.05, 0.1) is 5.69 Å². The molecule has 0 unspecified atom stereocenters. The number of carbonyl (C=O) groups is 1. The zero-order valence-electron chi connectivity index (χ0n) is 16.0. The van der Waals surface area contributed by atoms with Gasteiger partial charge in [-0.1, -0.05) is 88.8 Å². The van der Waals surface area contributed by atoms with Gasteiger partial charge in [0.25, 0.3) is 0 Å². The number of anilines is 1. The van der Waals surface area contributed by atoms with Crippen molar-refractivity contribution in [1.82, 2.24) is 0 Å². The van der Waals surface area contributed by atoms with Crippen molar-refractivity contribution in [2.45, 2.75) is 26.7 Å². The standard InChI is InChI=1S/C24H22BrNOS/c1-17-15-21(25)16-18(2)23(17)26(24(28)20-11-7-4-8-12-20)22(27)14-13-19-9-5-3-6-10-19/h3-12,15-16H,13-14H2,1-2H3. The average molecular weight is 452 g/mol. The summed E-state index contributed by atoms with van der Waals surface area (Å²) >= 11 is 9.32. The Morgan fingerprint density at radius 3 is 2.04 bits per heavy atom. The summed E-state index contributed by atoms with van der Waals surface area (Å²) in [6.07, 6.45) is 1.08. The van der Waals surface area contributed by atoms with Crippen LogP contribution in [0, 0.1) is 13.8 Å². The largest absolute Gasteiger partial charge is 0.274 e. The van der Waals surface area contributed by atoms with Crippen LogP contribution in [0.15, 0.2) is 77.3 Å². The number of aryl methyl sites for hydroxylation is 3. The fraction of sp³-hybridized carbons (Fsp3) is 0.167. The maximum Gasteiger partial charge on any atom is 0.232 e. The van der Waals surface area contributed by atoms with Gasteiger partial charge in [0.2, 0.25) is 5.91 Å². The molecule has 0 heterocycles. The average Bonchev–Trinajstić information content (AvgIpc) is 2.69. The topological polar surface area (TPSA) is 20.3 Å². The van der Waals surface area contributed by atoms with Gasteiger partial charge in [-0.05, 0) is 49.1 Å². The van der Waals surface area contributed by atoms with E-state index in [1.54, 1.807) is 4.90 Å². The van der Waals surface area contributed by atoms with Crippen molar-refractivity contribution in [3.63, 3.8) is 0 Å². The highest BCUT2D eigenvalue weighted by atomic mass is 79.9. The first kappa shape index (κ1) is 20.4. The Morgan fingerprint density at radius 2 is 1.46 bits per heavy atom. The van der Waals surface area contributed by atoms with Gasteiger partial charge in [-0.15, -0.1) is 0 Å². The van der Waals surface area contributed by atoms with Crippen LogP contribution in [0.2, 0.25) is 0 Å². The molecule has 28 heavy (non-hydrogen) atoms. The fourth-order valence-electron chi connectivity index (χ4n) is 3.31. The van der Waals surface area contributed by atoms with Crippen molar-refractivity contribution >= 4 is 44.7 Å². The first-order valence-electron chi connectivity index (χ1n) is 9.20. The fourth-order valence-corrected chi connectivity index (χ4v) is 4.33. The number of benzene rings is 3. The highest BCUT2D eigenvalue weighted by molar-refractivity contribution is 9.10. The second kappa shape index (κ2) is 9.26. The van der Waals surface area contributed by atoms with E-state index in [0.717, 1.165) is 32.4 Å². The first-order chi connectivity index (χ1) is 13.5. The molecule has 0 aliphatic heterocycles. The van der Waals surface area contributed by atoms with Crippen molar-refractivity contribution in [2.24, 2.45) is 0 Å². The SMILES string of the molecule is Cc1cc(Br)cc(C)c1N(C(=O)CCc1ccccc1)C(=S)c1ccccc1. The van der Waals surface area contributed by atoms with Crippen LogP contribution in [0.25, 0.3) is 0 Å². The summed E-state index contributed by atoms with van der Waals surface area (Å²) in [5.41, 5.74) is 4.91. The van der Waals surface area contributed by atoms with Crippen molar-refractivity contribution < 1.29 is 4.79 Å². The number of halogens is 1. The smallest absolute Gasteiger partial charge is 0.232 e. The molecule has 0 bridgehead atoms. The number of amides is 1. The van der Waals surface area contributed by atoms with Crippen molar-refractivity contribution in [2.75, 3.05) is 4.90 Å². The van der Waals surface area contributed by atoms with Gasteiger partial charge in [-0.2, -0.15) is 0 Å². The molecule has 0 atom stereocenters. The summed E-state index contributed by atoms with van der Waals surface area (Å²) in [5, 5.41) is 0. The zero-order chi connectivity index (χ0) is 20.1. The normalized spacial score (nSPS) is 10.5. The highest BCUT2D eigenvalue weighted by Gasteiger charge is 2.24. The van der Waals surface area contributed by atoms with E-state index in [4.69, 9.17) is 12.2 Å². The molecule has 3 aromatic rings. The lowest BCUT2D eigenvalue weighted by Crippen LogP contribution is -2.37. The molecule has 0 aromatic heterocycles. The molecule has 0 fully saturated rings. The molecule has 2 nitrogen and oxygen atoms in total. The van der Waals surface area contributed by atoms with Gasteiger partial charge >= 0.3 is 0 Å². The van der Waals surface area contributed by atoms with Crippen molar-refractivity contribution in [3.8, 4) is 0 Å². The second-order valence-corrected chi connectivity index (χ2v) is 8.08. The molecule has 0 radical (unpaired) electrons. The van der Waals surface area contributed by atoms with Gasteiger partial charge in [0.15, 0.2) is 0 Å². The highest BCUT2D eigenvalue weighted by Crippen LogP contribution is 2.31. The van der Waals surface area contributed by atoms with Crippen LogP contribution in [-0.2, 0) is 11.2 Å². The molecule has 0 saturated heterocycles. The predicted molar refractivity (Wildman–Crippen MR) is 124 cm³/mol. The summed E-state index contributed by atoms with van der Waals surface area (Å²) in [6.45, 7) is 4.02. The van der Waals surface area contributed by atoms with E-state index < -0.39 is 0 Å².